The van der Waals surface area contributed by atoms with E-state index in [9.17, 15) is 15.0 Å². The summed E-state index contributed by atoms with van der Waals surface area (Å²) >= 11 is 3.97. The summed E-state index contributed by atoms with van der Waals surface area (Å²) in [5.41, 5.74) is 0.880. The second-order valence-corrected chi connectivity index (χ2v) is 4.13. The van der Waals surface area contributed by atoms with Gasteiger partial charge in [-0.2, -0.15) is 12.6 Å². The van der Waals surface area contributed by atoms with E-state index in [1.54, 1.807) is 6.07 Å². The fourth-order valence-corrected chi connectivity index (χ4v) is 1.65. The molecule has 0 aliphatic rings. The average molecular weight is 257 g/mol. The Bertz CT molecular complexity index is 368. The van der Waals surface area contributed by atoms with Crippen LogP contribution in [0.25, 0.3) is 0 Å². The third-order valence-corrected chi connectivity index (χ3v) is 2.57. The molecule has 2 atom stereocenters. The van der Waals surface area contributed by atoms with Gasteiger partial charge in [-0.1, -0.05) is 6.07 Å². The third kappa shape index (κ3) is 4.33. The number of hydrogen-bond acceptors (Lipinski definition) is 5. The van der Waals surface area contributed by atoms with Crippen LogP contribution in [0.1, 0.15) is 23.8 Å². The number of thiol groups is 1. The van der Waals surface area contributed by atoms with Crippen molar-refractivity contribution in [1.82, 2.24) is 4.98 Å². The van der Waals surface area contributed by atoms with Crippen molar-refractivity contribution in [3.63, 3.8) is 0 Å². The summed E-state index contributed by atoms with van der Waals surface area (Å²) in [5, 5.41) is 27.9. The molecular weight excluding hydrogens is 242 g/mol. The fourth-order valence-electron chi connectivity index (χ4n) is 1.38. The van der Waals surface area contributed by atoms with Crippen molar-refractivity contribution in [1.29, 1.82) is 0 Å². The molecule has 94 valence electrons. The Balaban J connectivity index is 2.69. The Hall–Kier alpha value is -1.11. The molecule has 5 nitrogen and oxygen atoms in total. The predicted molar refractivity (Wildman–Crippen MR) is 65.0 cm³/mol. The van der Waals surface area contributed by atoms with Crippen molar-refractivity contribution in [2.75, 3.05) is 5.75 Å². The van der Waals surface area contributed by atoms with Crippen LogP contribution in [-0.2, 0) is 11.2 Å². The van der Waals surface area contributed by atoms with Crippen molar-refractivity contribution >= 4 is 18.6 Å². The van der Waals surface area contributed by atoms with Crippen molar-refractivity contribution < 1.29 is 20.1 Å². The molecular formula is C11H15NO4S. The largest absolute Gasteiger partial charge is 0.481 e. The number of carbonyl (C=O) groups is 1. The number of aromatic nitrogens is 1. The van der Waals surface area contributed by atoms with E-state index in [2.05, 4.69) is 17.6 Å². The highest BCUT2D eigenvalue weighted by atomic mass is 32.1. The zero-order chi connectivity index (χ0) is 12.8. The van der Waals surface area contributed by atoms with Crippen molar-refractivity contribution in [3.05, 3.63) is 29.6 Å². The van der Waals surface area contributed by atoms with Gasteiger partial charge in [-0.15, -0.1) is 0 Å². The van der Waals surface area contributed by atoms with Crippen LogP contribution >= 0.6 is 12.6 Å². The lowest BCUT2D eigenvalue weighted by atomic mass is 10.0. The lowest BCUT2D eigenvalue weighted by molar-refractivity contribution is -0.136. The van der Waals surface area contributed by atoms with Crippen LogP contribution in [0.15, 0.2) is 18.3 Å². The van der Waals surface area contributed by atoms with E-state index in [1.807, 2.05) is 0 Å². The summed E-state index contributed by atoms with van der Waals surface area (Å²) < 4.78 is 0. The van der Waals surface area contributed by atoms with E-state index in [4.69, 9.17) is 5.11 Å². The number of nitrogens with zero attached hydrogens (tertiary/aromatic N) is 1. The molecule has 1 aromatic rings. The van der Waals surface area contributed by atoms with Crippen LogP contribution < -0.4 is 0 Å². The van der Waals surface area contributed by atoms with E-state index >= 15 is 0 Å². The quantitative estimate of drug-likeness (QED) is 0.555. The minimum Gasteiger partial charge on any atom is -0.481 e. The van der Waals surface area contributed by atoms with Gasteiger partial charge in [0.2, 0.25) is 0 Å². The standard InChI is InChI=1S/C11H15NO4S/c13-9(3-4-17)11(16)7-1-2-8(12-6-7)5-10(14)15/h1-2,6,9,11,13,16-17H,3-5H2,(H,14,15). The molecule has 3 N–H and O–H groups in total. The molecule has 1 aromatic heterocycles. The number of rotatable bonds is 6. The molecule has 0 radical (unpaired) electrons. The Morgan fingerprint density at radius 2 is 2.12 bits per heavy atom. The number of aliphatic hydroxyl groups is 2. The first-order valence-electron chi connectivity index (χ1n) is 5.18. The van der Waals surface area contributed by atoms with Crippen molar-refractivity contribution in [2.45, 2.75) is 25.0 Å². The van der Waals surface area contributed by atoms with Crippen molar-refractivity contribution in [2.24, 2.45) is 0 Å². The lowest BCUT2D eigenvalue weighted by Gasteiger charge is -2.17. The summed E-state index contributed by atoms with van der Waals surface area (Å²) in [6.45, 7) is 0. The summed E-state index contributed by atoms with van der Waals surface area (Å²) in [4.78, 5) is 14.4. The third-order valence-electron chi connectivity index (χ3n) is 2.31. The van der Waals surface area contributed by atoms with Crippen LogP contribution in [-0.4, -0.2) is 38.1 Å². The number of aliphatic hydroxyl groups excluding tert-OH is 2. The molecule has 2 unspecified atom stereocenters. The number of carboxylic acids is 1. The van der Waals surface area contributed by atoms with Gasteiger partial charge in [0, 0.05) is 11.8 Å². The van der Waals surface area contributed by atoms with E-state index in [0.717, 1.165) is 0 Å². The van der Waals surface area contributed by atoms with Gasteiger partial charge in [-0.25, -0.2) is 0 Å². The first-order chi connectivity index (χ1) is 8.04. The van der Waals surface area contributed by atoms with Crippen LogP contribution in [0.2, 0.25) is 0 Å². The molecule has 1 heterocycles. The maximum absolute atomic E-state index is 10.4. The van der Waals surface area contributed by atoms with Crippen LogP contribution in [0.3, 0.4) is 0 Å². The van der Waals surface area contributed by atoms with E-state index in [-0.39, 0.29) is 6.42 Å². The summed E-state index contributed by atoms with van der Waals surface area (Å²) in [6.07, 6.45) is -0.311. The lowest BCUT2D eigenvalue weighted by Crippen LogP contribution is -2.19. The van der Waals surface area contributed by atoms with Crippen LogP contribution in [0.5, 0.6) is 0 Å². The Labute approximate surface area is 105 Å². The van der Waals surface area contributed by atoms with Gasteiger partial charge in [0.05, 0.1) is 18.2 Å². The second-order valence-electron chi connectivity index (χ2n) is 3.68. The molecule has 1 rings (SSSR count). The molecule has 0 amide bonds. The minimum atomic E-state index is -1.02. The van der Waals surface area contributed by atoms with Gasteiger partial charge in [0.25, 0.3) is 0 Å². The number of pyridine rings is 1. The van der Waals surface area contributed by atoms with Gasteiger partial charge >= 0.3 is 5.97 Å². The highest BCUT2D eigenvalue weighted by molar-refractivity contribution is 7.80. The normalized spacial score (nSPS) is 14.3. The summed E-state index contributed by atoms with van der Waals surface area (Å²) in [7, 11) is 0. The van der Waals surface area contributed by atoms with Crippen LogP contribution in [0.4, 0.5) is 0 Å². The second kappa shape index (κ2) is 6.58. The highest BCUT2D eigenvalue weighted by Gasteiger charge is 2.17. The van der Waals surface area contributed by atoms with Gasteiger partial charge in [0.15, 0.2) is 0 Å². The predicted octanol–water partition coefficient (Wildman–Crippen LogP) is 0.423. The Kier molecular flexibility index (Phi) is 5.40. The Morgan fingerprint density at radius 3 is 2.59 bits per heavy atom. The number of hydrogen-bond donors (Lipinski definition) is 4. The SMILES string of the molecule is O=C(O)Cc1ccc(C(O)C(O)CCS)cn1. The average Bonchev–Trinajstić information content (AvgIpc) is 2.28. The number of aliphatic carboxylic acids is 1. The minimum absolute atomic E-state index is 0.157. The van der Waals surface area contributed by atoms with Gasteiger partial charge in [0.1, 0.15) is 6.10 Å². The summed E-state index contributed by atoms with van der Waals surface area (Å²) in [6, 6.07) is 3.10. The molecule has 17 heavy (non-hydrogen) atoms. The van der Waals surface area contributed by atoms with Gasteiger partial charge < -0.3 is 15.3 Å². The monoisotopic (exact) mass is 257 g/mol. The van der Waals surface area contributed by atoms with Crippen molar-refractivity contribution in [3.8, 4) is 0 Å². The maximum atomic E-state index is 10.4. The first kappa shape index (κ1) is 14.0. The molecule has 0 saturated heterocycles. The number of carboxylic acid groups (broad SMARTS) is 1. The molecule has 0 spiro atoms. The molecule has 6 heteroatoms. The molecule has 0 fully saturated rings. The van der Waals surface area contributed by atoms with Crippen LogP contribution in [0, 0.1) is 0 Å². The first-order valence-corrected chi connectivity index (χ1v) is 5.81. The molecule has 0 aromatic carbocycles. The van der Waals surface area contributed by atoms with Gasteiger partial charge in [-0.3, -0.25) is 9.78 Å². The zero-order valence-electron chi connectivity index (χ0n) is 9.15. The molecule has 0 saturated carbocycles. The van der Waals surface area contributed by atoms with E-state index in [0.29, 0.717) is 23.4 Å². The molecule has 0 aliphatic carbocycles. The Morgan fingerprint density at radius 1 is 1.41 bits per heavy atom. The zero-order valence-corrected chi connectivity index (χ0v) is 10.0. The molecule has 0 aliphatic heterocycles. The fraction of sp³-hybridized carbons (Fsp3) is 0.455. The highest BCUT2D eigenvalue weighted by Crippen LogP contribution is 2.18. The van der Waals surface area contributed by atoms with E-state index in [1.165, 1.54) is 12.3 Å². The summed E-state index contributed by atoms with van der Waals surface area (Å²) in [5.74, 6) is -0.483. The van der Waals surface area contributed by atoms with E-state index < -0.39 is 18.2 Å². The maximum Gasteiger partial charge on any atom is 0.309 e. The van der Waals surface area contributed by atoms with Gasteiger partial charge in [-0.05, 0) is 18.2 Å². The molecule has 0 bridgehead atoms. The smallest absolute Gasteiger partial charge is 0.309 e. The topological polar surface area (TPSA) is 90.7 Å².